The summed E-state index contributed by atoms with van der Waals surface area (Å²) in [5.41, 5.74) is 1.50. The minimum atomic E-state index is -0.353. The molecule has 0 aliphatic heterocycles. The summed E-state index contributed by atoms with van der Waals surface area (Å²) >= 11 is 7.51. The molecule has 0 saturated heterocycles. The molecule has 0 spiro atoms. The molecule has 28 heavy (non-hydrogen) atoms. The highest BCUT2D eigenvalue weighted by atomic mass is 35.5. The zero-order valence-corrected chi connectivity index (χ0v) is 16.7. The number of nitrogens with zero attached hydrogens (tertiary/aromatic N) is 6. The Morgan fingerprint density at radius 3 is 2.89 bits per heavy atom. The lowest BCUT2D eigenvalue weighted by atomic mass is 10.2. The second-order valence-corrected chi connectivity index (χ2v) is 7.76. The predicted octanol–water partition coefficient (Wildman–Crippen LogP) is 4.43. The normalized spacial score (nSPS) is 12.3. The summed E-state index contributed by atoms with van der Waals surface area (Å²) in [4.78, 5) is 0. The van der Waals surface area contributed by atoms with Crippen molar-refractivity contribution in [3.05, 3.63) is 69.8 Å². The van der Waals surface area contributed by atoms with Crippen LogP contribution >= 0.6 is 22.9 Å². The molecule has 1 atom stereocenters. The summed E-state index contributed by atoms with van der Waals surface area (Å²) in [6.07, 6.45) is 5.53. The smallest absolute Gasteiger partial charge is 0.211 e. The number of anilines is 2. The van der Waals surface area contributed by atoms with E-state index >= 15 is 0 Å². The van der Waals surface area contributed by atoms with Crippen molar-refractivity contribution in [3.8, 4) is 0 Å². The monoisotopic (exact) mass is 417 g/mol. The van der Waals surface area contributed by atoms with Gasteiger partial charge in [-0.05, 0) is 31.5 Å². The van der Waals surface area contributed by atoms with Gasteiger partial charge in [-0.2, -0.15) is 10.2 Å². The van der Waals surface area contributed by atoms with E-state index in [9.17, 15) is 4.39 Å². The van der Waals surface area contributed by atoms with Crippen molar-refractivity contribution < 1.29 is 4.39 Å². The van der Waals surface area contributed by atoms with Crippen molar-refractivity contribution in [1.29, 1.82) is 0 Å². The molecule has 0 radical (unpaired) electrons. The second-order valence-electron chi connectivity index (χ2n) is 6.34. The van der Waals surface area contributed by atoms with Gasteiger partial charge in [-0.1, -0.05) is 29.0 Å². The zero-order chi connectivity index (χ0) is 19.7. The molecule has 0 bridgehead atoms. The van der Waals surface area contributed by atoms with Gasteiger partial charge in [-0.15, -0.1) is 10.2 Å². The van der Waals surface area contributed by atoms with Crippen LogP contribution in [0.25, 0.3) is 0 Å². The van der Waals surface area contributed by atoms with Gasteiger partial charge < -0.3 is 5.32 Å². The van der Waals surface area contributed by atoms with Gasteiger partial charge in [-0.25, -0.2) is 4.39 Å². The van der Waals surface area contributed by atoms with E-state index in [1.807, 2.05) is 30.9 Å². The first-order chi connectivity index (χ1) is 13.5. The number of hydrogen-bond acceptors (Lipinski definition) is 6. The third-order valence-electron chi connectivity index (χ3n) is 4.18. The third kappa shape index (κ3) is 3.90. The first-order valence-corrected chi connectivity index (χ1v) is 9.76. The van der Waals surface area contributed by atoms with Crippen molar-refractivity contribution in [3.63, 3.8) is 0 Å². The summed E-state index contributed by atoms with van der Waals surface area (Å²) in [6.45, 7) is 4.25. The molecule has 4 aromatic rings. The van der Waals surface area contributed by atoms with E-state index in [1.54, 1.807) is 29.1 Å². The molecule has 3 heterocycles. The number of hydrogen-bond donors (Lipinski definition) is 1. The lowest BCUT2D eigenvalue weighted by molar-refractivity contribution is 0.557. The predicted molar refractivity (Wildman–Crippen MR) is 107 cm³/mol. The van der Waals surface area contributed by atoms with Gasteiger partial charge in [0.25, 0.3) is 0 Å². The highest BCUT2D eigenvalue weighted by molar-refractivity contribution is 7.15. The van der Waals surface area contributed by atoms with Crippen LogP contribution in [0.2, 0.25) is 5.02 Å². The molecule has 0 fully saturated rings. The van der Waals surface area contributed by atoms with Crippen LogP contribution in [0, 0.1) is 12.7 Å². The van der Waals surface area contributed by atoms with Crippen LogP contribution in [0.4, 0.5) is 15.3 Å². The Kier molecular flexibility index (Phi) is 5.10. The van der Waals surface area contributed by atoms with Gasteiger partial charge in [-0.3, -0.25) is 9.36 Å². The number of nitrogens with one attached hydrogen (secondary N) is 1. The first kappa shape index (κ1) is 18.6. The third-order valence-corrected chi connectivity index (χ3v) is 5.55. The van der Waals surface area contributed by atoms with Gasteiger partial charge in [0.1, 0.15) is 16.9 Å². The SMILES string of the molecule is Cc1cnn([C@H](C)c2nnc(Nc3ccn(Cc4c(F)cccc4Cl)n3)s2)c1. The molecule has 7 nitrogen and oxygen atoms in total. The van der Waals surface area contributed by atoms with Crippen LogP contribution in [-0.4, -0.2) is 29.8 Å². The highest BCUT2D eigenvalue weighted by Crippen LogP contribution is 2.26. The zero-order valence-electron chi connectivity index (χ0n) is 15.2. The Morgan fingerprint density at radius 2 is 2.14 bits per heavy atom. The van der Waals surface area contributed by atoms with Gasteiger partial charge in [0.15, 0.2) is 5.82 Å². The number of aromatic nitrogens is 6. The minimum Gasteiger partial charge on any atom is -0.313 e. The largest absolute Gasteiger partial charge is 0.313 e. The maximum Gasteiger partial charge on any atom is 0.211 e. The Bertz CT molecular complexity index is 1080. The number of halogens is 2. The molecule has 1 aromatic carbocycles. The molecule has 4 rings (SSSR count). The van der Waals surface area contributed by atoms with E-state index in [0.717, 1.165) is 10.6 Å². The van der Waals surface area contributed by atoms with Crippen LogP contribution in [0.1, 0.15) is 29.1 Å². The minimum absolute atomic E-state index is 0.0116. The average molecular weight is 418 g/mol. The lowest BCUT2D eigenvalue weighted by Crippen LogP contribution is -2.06. The quantitative estimate of drug-likeness (QED) is 0.502. The molecule has 0 aliphatic rings. The first-order valence-electron chi connectivity index (χ1n) is 8.57. The van der Waals surface area contributed by atoms with Crippen molar-refractivity contribution >= 4 is 33.9 Å². The maximum atomic E-state index is 13.9. The van der Waals surface area contributed by atoms with E-state index in [2.05, 4.69) is 25.7 Å². The van der Waals surface area contributed by atoms with E-state index in [0.29, 0.717) is 21.5 Å². The van der Waals surface area contributed by atoms with E-state index in [4.69, 9.17) is 11.6 Å². The molecule has 144 valence electrons. The van der Waals surface area contributed by atoms with Crippen LogP contribution < -0.4 is 5.32 Å². The molecule has 0 unspecified atom stereocenters. The van der Waals surface area contributed by atoms with Crippen LogP contribution in [0.3, 0.4) is 0 Å². The average Bonchev–Trinajstić information content (AvgIpc) is 3.40. The fraction of sp³-hybridized carbons (Fsp3) is 0.222. The Morgan fingerprint density at radius 1 is 1.29 bits per heavy atom. The van der Waals surface area contributed by atoms with E-state index < -0.39 is 0 Å². The molecule has 0 saturated carbocycles. The maximum absolute atomic E-state index is 13.9. The van der Waals surface area contributed by atoms with Crippen LogP contribution in [0.5, 0.6) is 0 Å². The summed E-state index contributed by atoms with van der Waals surface area (Å²) in [5.74, 6) is 0.242. The standard InChI is InChI=1S/C18H17ClFN7S/c1-11-8-21-27(9-11)12(2)17-23-24-18(28-17)22-16-6-7-26(25-16)10-13-14(19)4-3-5-15(13)20/h3-9,12H,10H2,1-2H3,(H,22,24,25)/t12-/m1/s1. The van der Waals surface area contributed by atoms with Crippen molar-refractivity contribution in [1.82, 2.24) is 29.8 Å². The summed E-state index contributed by atoms with van der Waals surface area (Å²) < 4.78 is 17.4. The Labute approximate surface area is 169 Å². The Hall–Kier alpha value is -2.78. The molecule has 1 N–H and O–H groups in total. The number of aryl methyl sites for hydroxylation is 1. The summed E-state index contributed by atoms with van der Waals surface area (Å²) in [5, 5.41) is 22.1. The summed E-state index contributed by atoms with van der Waals surface area (Å²) in [7, 11) is 0. The molecular weight excluding hydrogens is 401 g/mol. The topological polar surface area (TPSA) is 73.5 Å². The molecule has 0 amide bonds. The van der Waals surface area contributed by atoms with Crippen molar-refractivity contribution in [2.75, 3.05) is 5.32 Å². The highest BCUT2D eigenvalue weighted by Gasteiger charge is 2.15. The van der Waals surface area contributed by atoms with Gasteiger partial charge in [0.2, 0.25) is 5.13 Å². The lowest BCUT2D eigenvalue weighted by Gasteiger charge is -2.07. The Balaban J connectivity index is 1.45. The van der Waals surface area contributed by atoms with Gasteiger partial charge >= 0.3 is 0 Å². The van der Waals surface area contributed by atoms with Crippen molar-refractivity contribution in [2.24, 2.45) is 0 Å². The second kappa shape index (κ2) is 7.69. The van der Waals surface area contributed by atoms with E-state index in [-0.39, 0.29) is 18.4 Å². The molecular formula is C18H17ClFN7S. The van der Waals surface area contributed by atoms with Crippen LogP contribution in [0.15, 0.2) is 42.9 Å². The fourth-order valence-electron chi connectivity index (χ4n) is 2.68. The van der Waals surface area contributed by atoms with E-state index in [1.165, 1.54) is 17.4 Å². The molecule has 3 aromatic heterocycles. The van der Waals surface area contributed by atoms with Crippen molar-refractivity contribution in [2.45, 2.75) is 26.4 Å². The number of rotatable bonds is 6. The molecule has 0 aliphatic carbocycles. The fourth-order valence-corrected chi connectivity index (χ4v) is 3.70. The van der Waals surface area contributed by atoms with Crippen LogP contribution in [-0.2, 0) is 6.54 Å². The summed E-state index contributed by atoms with van der Waals surface area (Å²) in [6, 6.07) is 6.40. The number of benzene rings is 1. The van der Waals surface area contributed by atoms with Gasteiger partial charge in [0, 0.05) is 29.0 Å². The van der Waals surface area contributed by atoms with Gasteiger partial charge in [0.05, 0.1) is 12.7 Å². The molecule has 10 heteroatoms.